The van der Waals surface area contributed by atoms with Crippen molar-refractivity contribution in [3.05, 3.63) is 88.3 Å². The standard InChI is InChI=1S/C25H25FN8O3/c1-14-9-15(3-7-19(14)26)12-28-23(35)21-11-22(30-13-29-21)24(36)32-20-8-4-16-10-17(5-6-18(16)20)31-25(37)34(2)33-27/h3,5-7,9-11,13,20,27H,4,8,12H2,1-2H3,(H,28,35)(H,31,37)(H,32,36)/t20-/m0/s1. The van der Waals surface area contributed by atoms with Crippen molar-refractivity contribution in [3.63, 3.8) is 0 Å². The number of aryl methyl sites for hydroxylation is 2. The van der Waals surface area contributed by atoms with Gasteiger partial charge >= 0.3 is 6.03 Å². The predicted molar refractivity (Wildman–Crippen MR) is 131 cm³/mol. The van der Waals surface area contributed by atoms with Crippen molar-refractivity contribution >= 4 is 23.5 Å². The first-order chi connectivity index (χ1) is 17.7. The summed E-state index contributed by atoms with van der Waals surface area (Å²) < 4.78 is 13.4. The maximum atomic E-state index is 13.4. The molecule has 4 rings (SSSR count). The second-order valence-corrected chi connectivity index (χ2v) is 8.59. The van der Waals surface area contributed by atoms with E-state index in [0.29, 0.717) is 24.1 Å². The Balaban J connectivity index is 1.38. The van der Waals surface area contributed by atoms with Crippen LogP contribution in [0.2, 0.25) is 0 Å². The van der Waals surface area contributed by atoms with E-state index >= 15 is 0 Å². The zero-order valence-corrected chi connectivity index (χ0v) is 20.2. The monoisotopic (exact) mass is 504 g/mol. The summed E-state index contributed by atoms with van der Waals surface area (Å²) in [5, 5.41) is 12.2. The van der Waals surface area contributed by atoms with Gasteiger partial charge in [0.25, 0.3) is 11.8 Å². The number of hydrogen-bond acceptors (Lipinski definition) is 7. The second kappa shape index (κ2) is 10.9. The summed E-state index contributed by atoms with van der Waals surface area (Å²) in [4.78, 5) is 45.4. The third-order valence-corrected chi connectivity index (χ3v) is 6.03. The topological polar surface area (TPSA) is 153 Å². The Morgan fingerprint density at radius 2 is 1.86 bits per heavy atom. The zero-order valence-electron chi connectivity index (χ0n) is 20.2. The summed E-state index contributed by atoms with van der Waals surface area (Å²) in [6.07, 6.45) is 2.52. The average Bonchev–Trinajstić information content (AvgIpc) is 3.30. The molecule has 3 aromatic rings. The molecule has 1 aliphatic carbocycles. The minimum absolute atomic E-state index is 0.0376. The van der Waals surface area contributed by atoms with Gasteiger partial charge in [-0.1, -0.05) is 23.4 Å². The van der Waals surface area contributed by atoms with Crippen molar-refractivity contribution in [1.29, 1.82) is 5.53 Å². The molecule has 0 aliphatic heterocycles. The summed E-state index contributed by atoms with van der Waals surface area (Å²) in [7, 11) is 1.37. The molecule has 0 bridgehead atoms. The van der Waals surface area contributed by atoms with Crippen LogP contribution in [0.3, 0.4) is 0 Å². The number of carbonyl (C=O) groups excluding carboxylic acids is 3. The molecule has 1 atom stereocenters. The lowest BCUT2D eigenvalue weighted by Gasteiger charge is -2.15. The Bertz CT molecular complexity index is 1380. The maximum Gasteiger partial charge on any atom is 0.343 e. The van der Waals surface area contributed by atoms with E-state index in [4.69, 9.17) is 5.53 Å². The van der Waals surface area contributed by atoms with Gasteiger partial charge in [0.05, 0.1) is 6.04 Å². The number of halogens is 1. The number of fused-ring (bicyclic) bond motifs is 1. The number of nitrogens with zero attached hydrogens (tertiary/aromatic N) is 4. The highest BCUT2D eigenvalue weighted by Crippen LogP contribution is 2.33. The highest BCUT2D eigenvalue weighted by molar-refractivity contribution is 5.97. The number of urea groups is 1. The second-order valence-electron chi connectivity index (χ2n) is 8.59. The van der Waals surface area contributed by atoms with Gasteiger partial charge in [0.2, 0.25) is 0 Å². The number of carbonyl (C=O) groups is 3. The van der Waals surface area contributed by atoms with E-state index in [2.05, 4.69) is 31.1 Å². The first kappa shape index (κ1) is 25.4. The van der Waals surface area contributed by atoms with E-state index < -0.39 is 17.8 Å². The highest BCUT2D eigenvalue weighted by atomic mass is 19.1. The van der Waals surface area contributed by atoms with Crippen LogP contribution in [0.15, 0.2) is 54.0 Å². The quantitative estimate of drug-likeness (QED) is 0.286. The number of anilines is 1. The van der Waals surface area contributed by atoms with Crippen LogP contribution in [0.1, 0.15) is 55.7 Å². The molecule has 37 heavy (non-hydrogen) atoms. The van der Waals surface area contributed by atoms with E-state index in [-0.39, 0.29) is 29.8 Å². The van der Waals surface area contributed by atoms with Gasteiger partial charge in [0.1, 0.15) is 23.5 Å². The van der Waals surface area contributed by atoms with Crippen molar-refractivity contribution in [3.8, 4) is 0 Å². The fourth-order valence-corrected chi connectivity index (χ4v) is 4.02. The van der Waals surface area contributed by atoms with Crippen LogP contribution in [0.4, 0.5) is 14.9 Å². The Hall–Kier alpha value is -4.74. The zero-order chi connectivity index (χ0) is 26.5. The van der Waals surface area contributed by atoms with Crippen molar-refractivity contribution in [2.45, 2.75) is 32.4 Å². The van der Waals surface area contributed by atoms with Crippen molar-refractivity contribution in [2.75, 3.05) is 12.4 Å². The lowest BCUT2D eigenvalue weighted by molar-refractivity contribution is 0.0931. The van der Waals surface area contributed by atoms with Gasteiger partial charge in [-0.3, -0.25) is 9.59 Å². The van der Waals surface area contributed by atoms with Crippen LogP contribution in [-0.2, 0) is 13.0 Å². The number of nitrogens with one attached hydrogen (secondary N) is 4. The van der Waals surface area contributed by atoms with Crippen molar-refractivity contribution in [1.82, 2.24) is 25.6 Å². The summed E-state index contributed by atoms with van der Waals surface area (Å²) in [5.41, 5.74) is 10.7. The van der Waals surface area contributed by atoms with Gasteiger partial charge < -0.3 is 16.0 Å². The molecule has 4 N–H and O–H groups in total. The molecule has 1 aliphatic rings. The Labute approximate surface area is 212 Å². The molecular formula is C25H25FN8O3. The molecule has 4 amide bonds. The number of aromatic nitrogens is 2. The van der Waals surface area contributed by atoms with Crippen LogP contribution < -0.4 is 16.0 Å². The molecule has 0 fully saturated rings. The SMILES string of the molecule is Cc1cc(CNC(=O)c2cc(C(=O)N[C@H]3CCc4cc(NC(=O)N(C)N=N)ccc43)ncn2)ccc1F. The van der Waals surface area contributed by atoms with Crippen LogP contribution in [-0.4, -0.2) is 39.9 Å². The van der Waals surface area contributed by atoms with Crippen LogP contribution in [0, 0.1) is 18.3 Å². The van der Waals surface area contributed by atoms with E-state index in [1.807, 2.05) is 12.1 Å². The normalized spacial score (nSPS) is 13.9. The molecule has 190 valence electrons. The van der Waals surface area contributed by atoms with E-state index in [9.17, 15) is 18.8 Å². The van der Waals surface area contributed by atoms with Crippen LogP contribution >= 0.6 is 0 Å². The van der Waals surface area contributed by atoms with Crippen molar-refractivity contribution < 1.29 is 18.8 Å². The lowest BCUT2D eigenvalue weighted by Crippen LogP contribution is -2.29. The minimum Gasteiger partial charge on any atom is -0.347 e. The summed E-state index contributed by atoms with van der Waals surface area (Å²) in [6.45, 7) is 1.83. The molecule has 11 nitrogen and oxygen atoms in total. The fourth-order valence-electron chi connectivity index (χ4n) is 4.02. The third kappa shape index (κ3) is 5.92. The first-order valence-corrected chi connectivity index (χ1v) is 11.5. The smallest absolute Gasteiger partial charge is 0.343 e. The third-order valence-electron chi connectivity index (χ3n) is 6.03. The van der Waals surface area contributed by atoms with E-state index in [1.165, 1.54) is 19.2 Å². The molecule has 0 radical (unpaired) electrons. The first-order valence-electron chi connectivity index (χ1n) is 11.5. The van der Waals surface area contributed by atoms with Gasteiger partial charge in [-0.05, 0) is 60.2 Å². The number of hydrogen-bond donors (Lipinski definition) is 4. The molecule has 1 heterocycles. The summed E-state index contributed by atoms with van der Waals surface area (Å²) in [5.74, 6) is -1.24. The van der Waals surface area contributed by atoms with Crippen LogP contribution in [0.25, 0.3) is 0 Å². The van der Waals surface area contributed by atoms with Gasteiger partial charge in [-0.2, -0.15) is 10.5 Å². The highest BCUT2D eigenvalue weighted by Gasteiger charge is 2.26. The minimum atomic E-state index is -0.533. The van der Waals surface area contributed by atoms with E-state index in [0.717, 1.165) is 28.0 Å². The molecule has 0 unspecified atom stereocenters. The maximum absolute atomic E-state index is 13.4. The average molecular weight is 505 g/mol. The molecule has 0 spiro atoms. The summed E-state index contributed by atoms with van der Waals surface area (Å²) >= 11 is 0. The Morgan fingerprint density at radius 3 is 2.59 bits per heavy atom. The molecule has 1 aromatic heterocycles. The molecule has 0 saturated heterocycles. The Kier molecular flexibility index (Phi) is 7.47. The lowest BCUT2D eigenvalue weighted by atomic mass is 10.1. The van der Waals surface area contributed by atoms with Gasteiger partial charge in [0.15, 0.2) is 0 Å². The largest absolute Gasteiger partial charge is 0.347 e. The van der Waals surface area contributed by atoms with Crippen LogP contribution in [0.5, 0.6) is 0 Å². The fraction of sp³-hybridized carbons (Fsp3) is 0.240. The number of amides is 4. The summed E-state index contributed by atoms with van der Waals surface area (Å²) in [6, 6.07) is 10.5. The van der Waals surface area contributed by atoms with Crippen molar-refractivity contribution in [2.24, 2.45) is 5.22 Å². The molecule has 2 aromatic carbocycles. The number of rotatable bonds is 7. The molecular weight excluding hydrogens is 479 g/mol. The van der Waals surface area contributed by atoms with Gasteiger partial charge in [0, 0.05) is 25.3 Å². The van der Waals surface area contributed by atoms with E-state index in [1.54, 1.807) is 25.1 Å². The predicted octanol–water partition coefficient (Wildman–Crippen LogP) is 3.68. The van der Waals surface area contributed by atoms with Gasteiger partial charge in [-0.25, -0.2) is 19.2 Å². The van der Waals surface area contributed by atoms with Gasteiger partial charge in [-0.15, -0.1) is 0 Å². The number of benzene rings is 2. The molecule has 12 heteroatoms. The Morgan fingerprint density at radius 1 is 1.11 bits per heavy atom. The molecule has 0 saturated carbocycles.